The fourth-order valence-corrected chi connectivity index (χ4v) is 1.35. The lowest BCUT2D eigenvalue weighted by atomic mass is 9.95. The van der Waals surface area contributed by atoms with E-state index in [4.69, 9.17) is 9.84 Å². The molecule has 0 rings (SSSR count). The van der Waals surface area contributed by atoms with Crippen molar-refractivity contribution < 1.29 is 14.6 Å². The monoisotopic (exact) mass is 174 g/mol. The number of rotatable bonds is 6. The first kappa shape index (κ1) is 11.4. The van der Waals surface area contributed by atoms with Gasteiger partial charge in [0.15, 0.2) is 5.60 Å². The molecule has 0 saturated heterocycles. The largest absolute Gasteiger partial charge is 0.479 e. The van der Waals surface area contributed by atoms with Crippen molar-refractivity contribution in [3.05, 3.63) is 0 Å². The first-order chi connectivity index (χ1) is 5.63. The Kier molecular flexibility index (Phi) is 4.90. The quantitative estimate of drug-likeness (QED) is 0.670. The third-order valence-electron chi connectivity index (χ3n) is 2.04. The van der Waals surface area contributed by atoms with E-state index in [1.165, 1.54) is 0 Å². The molecule has 0 spiro atoms. The molecule has 0 aromatic carbocycles. The van der Waals surface area contributed by atoms with E-state index in [0.29, 0.717) is 19.4 Å². The minimum absolute atomic E-state index is 0.458. The van der Waals surface area contributed by atoms with Gasteiger partial charge in [-0.15, -0.1) is 0 Å². The van der Waals surface area contributed by atoms with E-state index in [-0.39, 0.29) is 0 Å². The minimum atomic E-state index is -0.941. The minimum Gasteiger partial charge on any atom is -0.479 e. The van der Waals surface area contributed by atoms with Gasteiger partial charge in [0.2, 0.25) is 0 Å². The second-order valence-corrected chi connectivity index (χ2v) is 2.84. The van der Waals surface area contributed by atoms with E-state index in [1.54, 1.807) is 0 Å². The van der Waals surface area contributed by atoms with E-state index in [0.717, 1.165) is 6.42 Å². The van der Waals surface area contributed by atoms with E-state index < -0.39 is 11.6 Å². The molecule has 12 heavy (non-hydrogen) atoms. The number of hydrogen-bond acceptors (Lipinski definition) is 2. The van der Waals surface area contributed by atoms with Crippen LogP contribution in [0.2, 0.25) is 0 Å². The predicted octanol–water partition coefficient (Wildman–Crippen LogP) is 2.06. The maximum atomic E-state index is 10.9. The van der Waals surface area contributed by atoms with Crippen LogP contribution in [0, 0.1) is 0 Å². The van der Waals surface area contributed by atoms with Gasteiger partial charge in [-0.25, -0.2) is 4.79 Å². The van der Waals surface area contributed by atoms with Gasteiger partial charge in [-0.2, -0.15) is 0 Å². The van der Waals surface area contributed by atoms with Crippen LogP contribution in [0.4, 0.5) is 0 Å². The molecule has 0 amide bonds. The Morgan fingerprint density at radius 2 is 2.00 bits per heavy atom. The van der Waals surface area contributed by atoms with Crippen LogP contribution in [-0.2, 0) is 9.53 Å². The summed E-state index contributed by atoms with van der Waals surface area (Å²) in [4.78, 5) is 10.9. The van der Waals surface area contributed by atoms with Crippen molar-refractivity contribution in [1.29, 1.82) is 0 Å². The SMILES string of the molecule is CCCC(CC)(OCC)C(=O)O. The lowest BCUT2D eigenvalue weighted by Crippen LogP contribution is -2.40. The molecule has 0 bridgehead atoms. The van der Waals surface area contributed by atoms with E-state index in [1.807, 2.05) is 20.8 Å². The molecule has 0 fully saturated rings. The van der Waals surface area contributed by atoms with Gasteiger partial charge in [-0.05, 0) is 19.8 Å². The molecule has 0 aliphatic carbocycles. The van der Waals surface area contributed by atoms with Gasteiger partial charge in [0, 0.05) is 6.61 Å². The third kappa shape index (κ3) is 2.48. The highest BCUT2D eigenvalue weighted by Gasteiger charge is 2.36. The van der Waals surface area contributed by atoms with Crippen LogP contribution in [-0.4, -0.2) is 23.3 Å². The Morgan fingerprint density at radius 3 is 2.25 bits per heavy atom. The van der Waals surface area contributed by atoms with Crippen LogP contribution >= 0.6 is 0 Å². The molecule has 0 aliphatic rings. The Labute approximate surface area is 73.7 Å². The summed E-state index contributed by atoms with van der Waals surface area (Å²) in [7, 11) is 0. The molecule has 72 valence electrons. The maximum Gasteiger partial charge on any atom is 0.335 e. The Morgan fingerprint density at radius 1 is 1.42 bits per heavy atom. The molecule has 1 atom stereocenters. The van der Waals surface area contributed by atoms with Gasteiger partial charge in [0.05, 0.1) is 0 Å². The van der Waals surface area contributed by atoms with Gasteiger partial charge >= 0.3 is 5.97 Å². The van der Waals surface area contributed by atoms with Crippen LogP contribution in [0.3, 0.4) is 0 Å². The van der Waals surface area contributed by atoms with E-state index >= 15 is 0 Å². The first-order valence-electron chi connectivity index (χ1n) is 4.50. The van der Waals surface area contributed by atoms with Crippen LogP contribution in [0.5, 0.6) is 0 Å². The lowest BCUT2D eigenvalue weighted by molar-refractivity contribution is -0.167. The second kappa shape index (κ2) is 5.14. The number of ether oxygens (including phenoxy) is 1. The summed E-state index contributed by atoms with van der Waals surface area (Å²) in [5, 5.41) is 8.96. The summed E-state index contributed by atoms with van der Waals surface area (Å²) in [5.41, 5.74) is -0.941. The number of carboxylic acids is 1. The number of hydrogen-bond donors (Lipinski definition) is 1. The Hall–Kier alpha value is -0.570. The van der Waals surface area contributed by atoms with Crippen molar-refractivity contribution in [2.75, 3.05) is 6.61 Å². The zero-order chi connectivity index (χ0) is 9.61. The van der Waals surface area contributed by atoms with Crippen molar-refractivity contribution in [2.45, 2.75) is 45.6 Å². The Balaban J connectivity index is 4.39. The first-order valence-corrected chi connectivity index (χ1v) is 4.50. The molecule has 1 N–H and O–H groups in total. The standard InChI is InChI=1S/C9H18O3/c1-4-7-9(5-2,8(10)11)12-6-3/h4-7H2,1-3H3,(H,10,11). The summed E-state index contributed by atoms with van der Waals surface area (Å²) in [5.74, 6) is -0.839. The molecule has 3 nitrogen and oxygen atoms in total. The summed E-state index contributed by atoms with van der Waals surface area (Å²) in [6, 6.07) is 0. The normalized spacial score (nSPS) is 15.6. The zero-order valence-corrected chi connectivity index (χ0v) is 8.09. The average molecular weight is 174 g/mol. The van der Waals surface area contributed by atoms with E-state index in [9.17, 15) is 4.79 Å². The van der Waals surface area contributed by atoms with Crippen LogP contribution in [0.1, 0.15) is 40.0 Å². The predicted molar refractivity (Wildman–Crippen MR) is 47.2 cm³/mol. The molecule has 1 unspecified atom stereocenters. The highest BCUT2D eigenvalue weighted by Crippen LogP contribution is 2.22. The molecule has 3 heteroatoms. The molecular formula is C9H18O3. The third-order valence-corrected chi connectivity index (χ3v) is 2.04. The Bertz CT molecular complexity index is 137. The molecular weight excluding hydrogens is 156 g/mol. The molecule has 0 aromatic heterocycles. The van der Waals surface area contributed by atoms with Crippen LogP contribution in [0.25, 0.3) is 0 Å². The summed E-state index contributed by atoms with van der Waals surface area (Å²) in [6.07, 6.45) is 1.96. The summed E-state index contributed by atoms with van der Waals surface area (Å²) >= 11 is 0. The van der Waals surface area contributed by atoms with Crippen molar-refractivity contribution in [3.63, 3.8) is 0 Å². The van der Waals surface area contributed by atoms with Gasteiger partial charge in [0.1, 0.15) is 0 Å². The van der Waals surface area contributed by atoms with Gasteiger partial charge in [0.25, 0.3) is 0 Å². The molecule has 0 radical (unpaired) electrons. The molecule has 0 aromatic rings. The average Bonchev–Trinajstić information content (AvgIpc) is 2.03. The summed E-state index contributed by atoms with van der Waals surface area (Å²) in [6.45, 7) is 6.09. The smallest absolute Gasteiger partial charge is 0.335 e. The highest BCUT2D eigenvalue weighted by atomic mass is 16.5. The van der Waals surface area contributed by atoms with Crippen molar-refractivity contribution in [2.24, 2.45) is 0 Å². The topological polar surface area (TPSA) is 46.5 Å². The van der Waals surface area contributed by atoms with Gasteiger partial charge < -0.3 is 9.84 Å². The van der Waals surface area contributed by atoms with Crippen LogP contribution in [0.15, 0.2) is 0 Å². The highest BCUT2D eigenvalue weighted by molar-refractivity contribution is 5.77. The second-order valence-electron chi connectivity index (χ2n) is 2.84. The molecule has 0 saturated carbocycles. The molecule has 0 aliphatic heterocycles. The number of carboxylic acid groups (broad SMARTS) is 1. The van der Waals surface area contributed by atoms with Crippen molar-refractivity contribution in [3.8, 4) is 0 Å². The number of carbonyl (C=O) groups is 1. The fourth-order valence-electron chi connectivity index (χ4n) is 1.35. The fraction of sp³-hybridized carbons (Fsp3) is 0.889. The van der Waals surface area contributed by atoms with E-state index in [2.05, 4.69) is 0 Å². The maximum absolute atomic E-state index is 10.9. The van der Waals surface area contributed by atoms with Crippen molar-refractivity contribution >= 4 is 5.97 Å². The van der Waals surface area contributed by atoms with Gasteiger partial charge in [-0.1, -0.05) is 20.3 Å². The number of aliphatic carboxylic acids is 1. The zero-order valence-electron chi connectivity index (χ0n) is 8.09. The van der Waals surface area contributed by atoms with Crippen molar-refractivity contribution in [1.82, 2.24) is 0 Å². The van der Waals surface area contributed by atoms with Gasteiger partial charge in [-0.3, -0.25) is 0 Å². The molecule has 0 heterocycles. The summed E-state index contributed by atoms with van der Waals surface area (Å²) < 4.78 is 5.28. The lowest BCUT2D eigenvalue weighted by Gasteiger charge is -2.27. The van der Waals surface area contributed by atoms with Crippen LogP contribution < -0.4 is 0 Å².